The highest BCUT2D eigenvalue weighted by Crippen LogP contribution is 2.46. The molecule has 2 heterocycles. The maximum atomic E-state index is 13.3. The number of rotatable bonds is 5. The number of Topliss-reactive ketones (excluding diaryl/α,β-unsaturated/α-hetero) is 1. The van der Waals surface area contributed by atoms with E-state index in [4.69, 9.17) is 21.1 Å². The van der Waals surface area contributed by atoms with Gasteiger partial charge < -0.3 is 14.6 Å². The summed E-state index contributed by atoms with van der Waals surface area (Å²) in [5.41, 5.74) is 1.45. The Morgan fingerprint density at radius 2 is 1.75 bits per heavy atom. The molecular weight excluding hydrogens is 450 g/mol. The summed E-state index contributed by atoms with van der Waals surface area (Å²) in [6.45, 7) is 1.81. The maximum Gasteiger partial charge on any atom is 0.300 e. The summed E-state index contributed by atoms with van der Waals surface area (Å²) >= 11 is 7.49. The maximum absolute atomic E-state index is 13.3. The first-order valence-corrected chi connectivity index (χ1v) is 11.0. The van der Waals surface area contributed by atoms with Crippen molar-refractivity contribution in [2.45, 2.75) is 13.0 Å². The Kier molecular flexibility index (Phi) is 5.95. The number of halogens is 1. The number of carbonyl (C=O) groups is 2. The van der Waals surface area contributed by atoms with Gasteiger partial charge in [-0.3, -0.25) is 14.5 Å². The molecule has 1 unspecified atom stereocenters. The number of methoxy groups -OCH3 is 2. The van der Waals surface area contributed by atoms with Gasteiger partial charge in [-0.25, -0.2) is 0 Å². The van der Waals surface area contributed by atoms with Gasteiger partial charge in [0, 0.05) is 15.6 Å². The number of hydrogen-bond acceptors (Lipinski definition) is 6. The first-order valence-electron chi connectivity index (χ1n) is 9.71. The molecule has 0 radical (unpaired) electrons. The van der Waals surface area contributed by atoms with Crippen LogP contribution in [0.15, 0.2) is 59.5 Å². The predicted molar refractivity (Wildman–Crippen MR) is 125 cm³/mol. The average molecular weight is 470 g/mol. The minimum absolute atomic E-state index is 0.0328. The number of ketones is 1. The number of thiophene rings is 1. The first-order chi connectivity index (χ1) is 15.4. The molecule has 4 rings (SSSR count). The lowest BCUT2D eigenvalue weighted by molar-refractivity contribution is -0.132. The van der Waals surface area contributed by atoms with Gasteiger partial charge in [0.15, 0.2) is 0 Å². The number of nitrogens with zero attached hydrogens (tertiary/aromatic N) is 1. The molecule has 0 bridgehead atoms. The van der Waals surface area contributed by atoms with Crippen molar-refractivity contribution in [2.24, 2.45) is 0 Å². The van der Waals surface area contributed by atoms with Gasteiger partial charge >= 0.3 is 0 Å². The zero-order chi connectivity index (χ0) is 23.0. The van der Waals surface area contributed by atoms with Crippen molar-refractivity contribution in [3.8, 4) is 11.5 Å². The fraction of sp³-hybridized carbons (Fsp3) is 0.167. The summed E-state index contributed by atoms with van der Waals surface area (Å²) in [4.78, 5) is 28.7. The van der Waals surface area contributed by atoms with Gasteiger partial charge in [0.25, 0.3) is 11.7 Å². The summed E-state index contributed by atoms with van der Waals surface area (Å²) in [5, 5.41) is 13.8. The Balaban J connectivity index is 2.00. The Labute approximate surface area is 194 Å². The van der Waals surface area contributed by atoms with Crippen LogP contribution in [-0.2, 0) is 9.59 Å². The number of benzene rings is 2. The van der Waals surface area contributed by atoms with Crippen LogP contribution in [0.3, 0.4) is 0 Å². The summed E-state index contributed by atoms with van der Waals surface area (Å²) in [5.74, 6) is -1.24. The number of aliphatic hydroxyl groups is 1. The smallest absolute Gasteiger partial charge is 0.300 e. The molecular formula is C24H20ClNO5S. The lowest BCUT2D eigenvalue weighted by Crippen LogP contribution is -2.29. The molecule has 0 saturated carbocycles. The molecule has 6 nitrogen and oxygen atoms in total. The molecule has 2 aromatic carbocycles. The van der Waals surface area contributed by atoms with Gasteiger partial charge in [0.05, 0.1) is 19.8 Å². The van der Waals surface area contributed by atoms with Crippen LogP contribution in [0.1, 0.15) is 22.0 Å². The quantitative estimate of drug-likeness (QED) is 0.309. The molecule has 3 aromatic rings. The van der Waals surface area contributed by atoms with Gasteiger partial charge in [-0.1, -0.05) is 23.7 Å². The fourth-order valence-electron chi connectivity index (χ4n) is 3.91. The van der Waals surface area contributed by atoms with Gasteiger partial charge in [-0.05, 0) is 54.3 Å². The highest BCUT2D eigenvalue weighted by atomic mass is 35.5. The third-order valence-electron chi connectivity index (χ3n) is 5.34. The van der Waals surface area contributed by atoms with E-state index in [9.17, 15) is 14.7 Å². The van der Waals surface area contributed by atoms with Crippen LogP contribution in [0.2, 0.25) is 5.02 Å². The van der Waals surface area contributed by atoms with Crippen molar-refractivity contribution in [3.05, 3.63) is 80.5 Å². The molecule has 1 amide bonds. The van der Waals surface area contributed by atoms with Crippen LogP contribution in [0.5, 0.6) is 11.5 Å². The zero-order valence-corrected chi connectivity index (χ0v) is 19.2. The van der Waals surface area contributed by atoms with Crippen LogP contribution in [0, 0.1) is 6.92 Å². The fourth-order valence-corrected chi connectivity index (χ4v) is 4.96. The average Bonchev–Trinajstić information content (AvgIpc) is 3.40. The van der Waals surface area contributed by atoms with Crippen molar-refractivity contribution in [2.75, 3.05) is 19.1 Å². The van der Waals surface area contributed by atoms with Crippen LogP contribution in [-0.4, -0.2) is 31.0 Å². The molecule has 1 aliphatic heterocycles. The van der Waals surface area contributed by atoms with E-state index in [0.717, 1.165) is 10.4 Å². The number of hydrogen-bond donors (Lipinski definition) is 1. The van der Waals surface area contributed by atoms with E-state index in [1.165, 1.54) is 30.5 Å². The predicted octanol–water partition coefficient (Wildman–Crippen LogP) is 5.35. The summed E-state index contributed by atoms with van der Waals surface area (Å²) in [6.07, 6.45) is 0. The number of carbonyl (C=O) groups excluding carboxylic acids is 2. The minimum atomic E-state index is -0.815. The topological polar surface area (TPSA) is 76.1 Å². The molecule has 1 fully saturated rings. The van der Waals surface area contributed by atoms with E-state index in [2.05, 4.69) is 0 Å². The highest BCUT2D eigenvalue weighted by molar-refractivity contribution is 7.10. The van der Waals surface area contributed by atoms with Crippen molar-refractivity contribution in [3.63, 3.8) is 0 Å². The summed E-state index contributed by atoms with van der Waals surface area (Å²) < 4.78 is 10.8. The SMILES string of the molecule is COc1cccc(OC)c1/C(O)=C1\C(=O)C(=O)N(c2ccc(Cl)cc2C)C1c1cccs1. The van der Waals surface area contributed by atoms with Crippen LogP contribution < -0.4 is 14.4 Å². The second kappa shape index (κ2) is 8.68. The van der Waals surface area contributed by atoms with Gasteiger partial charge in [-0.15, -0.1) is 11.3 Å². The largest absolute Gasteiger partial charge is 0.506 e. The highest BCUT2D eigenvalue weighted by Gasteiger charge is 2.48. The molecule has 1 aromatic heterocycles. The van der Waals surface area contributed by atoms with E-state index in [1.807, 2.05) is 24.4 Å². The Morgan fingerprint density at radius 1 is 1.06 bits per heavy atom. The standard InChI is InChI=1S/C24H20ClNO5S/c1-13-12-14(25)9-10-15(13)26-21(18-8-5-11-32-18)20(23(28)24(26)29)22(27)19-16(30-2)6-4-7-17(19)31-3/h4-12,21,27H,1-3H3/b22-20+. The van der Waals surface area contributed by atoms with E-state index in [-0.39, 0.29) is 16.9 Å². The monoisotopic (exact) mass is 469 g/mol. The van der Waals surface area contributed by atoms with Crippen molar-refractivity contribution >= 4 is 46.1 Å². The Bertz CT molecular complexity index is 1210. The van der Waals surface area contributed by atoms with Crippen molar-refractivity contribution in [1.82, 2.24) is 0 Å². The van der Waals surface area contributed by atoms with Gasteiger partial charge in [0.2, 0.25) is 0 Å². The molecule has 164 valence electrons. The van der Waals surface area contributed by atoms with Crippen LogP contribution >= 0.6 is 22.9 Å². The van der Waals surface area contributed by atoms with Crippen LogP contribution in [0.4, 0.5) is 5.69 Å². The van der Waals surface area contributed by atoms with Gasteiger partial charge in [0.1, 0.15) is 28.9 Å². The first kappa shape index (κ1) is 21.9. The van der Waals surface area contributed by atoms with Crippen LogP contribution in [0.25, 0.3) is 5.76 Å². The Morgan fingerprint density at radius 3 is 2.31 bits per heavy atom. The van der Waals surface area contributed by atoms with E-state index in [0.29, 0.717) is 22.2 Å². The lowest BCUT2D eigenvalue weighted by Gasteiger charge is -2.26. The summed E-state index contributed by atoms with van der Waals surface area (Å²) in [6, 6.07) is 12.9. The molecule has 32 heavy (non-hydrogen) atoms. The number of amides is 1. The Hall–Kier alpha value is -3.29. The molecule has 1 aliphatic rings. The van der Waals surface area contributed by atoms with E-state index < -0.39 is 17.7 Å². The van der Waals surface area contributed by atoms with E-state index >= 15 is 0 Å². The molecule has 8 heteroatoms. The minimum Gasteiger partial charge on any atom is -0.506 e. The number of anilines is 1. The second-order valence-electron chi connectivity index (χ2n) is 7.15. The number of aliphatic hydroxyl groups excluding tert-OH is 1. The summed E-state index contributed by atoms with van der Waals surface area (Å²) in [7, 11) is 2.91. The lowest BCUT2D eigenvalue weighted by atomic mass is 9.98. The van der Waals surface area contributed by atoms with E-state index in [1.54, 1.807) is 36.4 Å². The third kappa shape index (κ3) is 3.53. The molecule has 1 atom stereocenters. The molecule has 1 N–H and O–H groups in total. The second-order valence-corrected chi connectivity index (χ2v) is 8.57. The number of aryl methyl sites for hydroxylation is 1. The van der Waals surface area contributed by atoms with Crippen molar-refractivity contribution < 1.29 is 24.2 Å². The normalized spacial score (nSPS) is 17.6. The van der Waals surface area contributed by atoms with Crippen molar-refractivity contribution in [1.29, 1.82) is 0 Å². The molecule has 0 aliphatic carbocycles. The number of ether oxygens (including phenoxy) is 2. The third-order valence-corrected chi connectivity index (χ3v) is 6.50. The molecule has 1 saturated heterocycles. The zero-order valence-electron chi connectivity index (χ0n) is 17.6. The molecule has 0 spiro atoms. The van der Waals surface area contributed by atoms with Gasteiger partial charge in [-0.2, -0.15) is 0 Å².